The highest BCUT2D eigenvalue weighted by Gasteiger charge is 2.21. The van der Waals surface area contributed by atoms with E-state index in [2.05, 4.69) is 27.4 Å². The third kappa shape index (κ3) is 5.76. The van der Waals surface area contributed by atoms with Crippen molar-refractivity contribution < 1.29 is 9.84 Å². The molecule has 1 aliphatic rings. The number of hydrogen-bond donors (Lipinski definition) is 2. The molecular formula is C31H32BN5O2. The standard InChI is InChI=1S/C31H32BN5O2/c32-27-19-34-37-30(17-28(35-31(27)37)26-10-4-5-11-29(26)38)33-18-23-7-6-16-36(21-23)20-22-12-14-25(15-13-22)39-24-8-2-1-3-9-24/h1-5,8-15,17,19,23,33,38H,6-7,16,18,20-21,32H2. The van der Waals surface area contributed by atoms with Crippen molar-refractivity contribution in [1.82, 2.24) is 19.5 Å². The van der Waals surface area contributed by atoms with Crippen LogP contribution in [0.1, 0.15) is 18.4 Å². The Bertz CT molecular complexity index is 1560. The number of aromatic hydroxyl groups is 1. The number of aromatic nitrogens is 3. The molecule has 196 valence electrons. The molecule has 3 heterocycles. The maximum absolute atomic E-state index is 10.4. The summed E-state index contributed by atoms with van der Waals surface area (Å²) in [5, 5.41) is 18.6. The zero-order valence-electron chi connectivity index (χ0n) is 22.1. The lowest BCUT2D eigenvalue weighted by Gasteiger charge is -2.33. The number of para-hydroxylation sites is 2. The minimum absolute atomic E-state index is 0.222. The lowest BCUT2D eigenvalue weighted by molar-refractivity contribution is 0.173. The van der Waals surface area contributed by atoms with Crippen LogP contribution in [0.5, 0.6) is 17.2 Å². The average Bonchev–Trinajstić information content (AvgIpc) is 3.34. The number of phenolic OH excluding ortho intramolecular Hbond substituents is 1. The molecule has 39 heavy (non-hydrogen) atoms. The first kappa shape index (κ1) is 25.0. The molecule has 8 heteroatoms. The number of ether oxygens (including phenoxy) is 1. The van der Waals surface area contributed by atoms with Crippen molar-refractivity contribution in [2.24, 2.45) is 5.92 Å². The van der Waals surface area contributed by atoms with Crippen LogP contribution in [-0.4, -0.2) is 52.1 Å². The van der Waals surface area contributed by atoms with Crippen LogP contribution < -0.4 is 15.5 Å². The van der Waals surface area contributed by atoms with Crippen LogP contribution in [0.2, 0.25) is 0 Å². The number of hydrogen-bond acceptors (Lipinski definition) is 6. The van der Waals surface area contributed by atoms with E-state index in [0.29, 0.717) is 11.5 Å². The number of likely N-dealkylation sites (tertiary alicyclic amines) is 1. The molecule has 1 atom stereocenters. The van der Waals surface area contributed by atoms with E-state index in [-0.39, 0.29) is 5.75 Å². The van der Waals surface area contributed by atoms with E-state index >= 15 is 0 Å². The normalized spacial score (nSPS) is 15.8. The average molecular weight is 517 g/mol. The van der Waals surface area contributed by atoms with Gasteiger partial charge in [0.2, 0.25) is 0 Å². The van der Waals surface area contributed by atoms with Crippen molar-refractivity contribution in [1.29, 1.82) is 0 Å². The second-order valence-corrected chi connectivity index (χ2v) is 10.3. The van der Waals surface area contributed by atoms with Crippen LogP contribution in [0.15, 0.2) is 91.1 Å². The van der Waals surface area contributed by atoms with Crippen LogP contribution in [0.4, 0.5) is 5.82 Å². The quantitative estimate of drug-likeness (QED) is 0.296. The van der Waals surface area contributed by atoms with Crippen molar-refractivity contribution in [3.63, 3.8) is 0 Å². The minimum Gasteiger partial charge on any atom is -0.507 e. The van der Waals surface area contributed by atoms with Gasteiger partial charge in [0.25, 0.3) is 0 Å². The molecule has 1 saturated heterocycles. The summed E-state index contributed by atoms with van der Waals surface area (Å²) in [5.41, 5.74) is 4.53. The first-order valence-electron chi connectivity index (χ1n) is 13.5. The maximum Gasteiger partial charge on any atom is 0.151 e. The number of anilines is 1. The fraction of sp³-hybridized carbons (Fsp3) is 0.226. The number of phenols is 1. The Kier molecular flexibility index (Phi) is 7.19. The Labute approximate surface area is 229 Å². The molecule has 0 bridgehead atoms. The number of nitrogens with one attached hydrogen (secondary N) is 1. The van der Waals surface area contributed by atoms with Gasteiger partial charge in [-0.25, -0.2) is 4.98 Å². The summed E-state index contributed by atoms with van der Waals surface area (Å²) in [5.74, 6) is 3.33. The summed E-state index contributed by atoms with van der Waals surface area (Å²) in [7, 11) is 2.01. The van der Waals surface area contributed by atoms with Crippen LogP contribution in [-0.2, 0) is 6.54 Å². The van der Waals surface area contributed by atoms with E-state index in [1.165, 1.54) is 18.4 Å². The second kappa shape index (κ2) is 11.2. The third-order valence-corrected chi connectivity index (χ3v) is 7.31. The van der Waals surface area contributed by atoms with Gasteiger partial charge >= 0.3 is 0 Å². The van der Waals surface area contributed by atoms with Crippen LogP contribution >= 0.6 is 0 Å². The molecule has 0 spiro atoms. The molecular weight excluding hydrogens is 485 g/mol. The molecule has 5 aromatic rings. The van der Waals surface area contributed by atoms with Gasteiger partial charge in [-0.05, 0) is 72.7 Å². The summed E-state index contributed by atoms with van der Waals surface area (Å²) in [6.45, 7) is 3.91. The lowest BCUT2D eigenvalue weighted by atomic mass is 9.97. The van der Waals surface area contributed by atoms with Crippen molar-refractivity contribution in [2.75, 3.05) is 25.0 Å². The zero-order chi connectivity index (χ0) is 26.6. The van der Waals surface area contributed by atoms with Gasteiger partial charge in [-0.3, -0.25) is 4.90 Å². The summed E-state index contributed by atoms with van der Waals surface area (Å²) in [4.78, 5) is 7.33. The van der Waals surface area contributed by atoms with E-state index < -0.39 is 0 Å². The van der Waals surface area contributed by atoms with Gasteiger partial charge in [0.05, 0.1) is 5.69 Å². The largest absolute Gasteiger partial charge is 0.507 e. The van der Waals surface area contributed by atoms with Gasteiger partial charge in [0.1, 0.15) is 30.9 Å². The smallest absolute Gasteiger partial charge is 0.151 e. The van der Waals surface area contributed by atoms with Gasteiger partial charge in [-0.2, -0.15) is 9.61 Å². The molecule has 2 N–H and O–H groups in total. The van der Waals surface area contributed by atoms with Crippen LogP contribution in [0, 0.1) is 5.92 Å². The summed E-state index contributed by atoms with van der Waals surface area (Å²) >= 11 is 0. The number of rotatable bonds is 8. The second-order valence-electron chi connectivity index (χ2n) is 10.3. The topological polar surface area (TPSA) is 74.9 Å². The fourth-order valence-electron chi connectivity index (χ4n) is 5.28. The molecule has 1 aliphatic heterocycles. The van der Waals surface area contributed by atoms with Crippen molar-refractivity contribution in [3.05, 3.63) is 96.7 Å². The molecule has 1 unspecified atom stereocenters. The van der Waals surface area contributed by atoms with Crippen molar-refractivity contribution in [3.8, 4) is 28.5 Å². The summed E-state index contributed by atoms with van der Waals surface area (Å²) in [6.07, 6.45) is 4.20. The van der Waals surface area contributed by atoms with E-state index in [9.17, 15) is 5.11 Å². The number of fused-ring (bicyclic) bond motifs is 1. The molecule has 7 nitrogen and oxygen atoms in total. The van der Waals surface area contributed by atoms with E-state index in [1.54, 1.807) is 6.07 Å². The predicted molar refractivity (Wildman–Crippen MR) is 158 cm³/mol. The van der Waals surface area contributed by atoms with Gasteiger partial charge in [-0.15, -0.1) is 0 Å². The summed E-state index contributed by atoms with van der Waals surface area (Å²) < 4.78 is 7.80. The first-order chi connectivity index (χ1) is 19.1. The first-order valence-corrected chi connectivity index (χ1v) is 13.5. The molecule has 3 aromatic carbocycles. The molecule has 2 aromatic heterocycles. The highest BCUT2D eigenvalue weighted by Crippen LogP contribution is 2.30. The van der Waals surface area contributed by atoms with Gasteiger partial charge < -0.3 is 15.2 Å². The fourth-order valence-corrected chi connectivity index (χ4v) is 5.28. The SMILES string of the molecule is Bc1cnn2c(NCC3CCCN(Cc4ccc(Oc5ccccc5)cc4)C3)cc(-c3ccccc3O)nc12. The van der Waals surface area contributed by atoms with Crippen molar-refractivity contribution in [2.45, 2.75) is 19.4 Å². The van der Waals surface area contributed by atoms with Gasteiger partial charge in [0, 0.05) is 37.5 Å². The number of piperidine rings is 1. The zero-order valence-corrected chi connectivity index (χ0v) is 22.1. The molecule has 0 radical (unpaired) electrons. The van der Waals surface area contributed by atoms with Crippen LogP contribution in [0.25, 0.3) is 16.9 Å². The van der Waals surface area contributed by atoms with E-state index in [1.807, 2.05) is 85.3 Å². The summed E-state index contributed by atoms with van der Waals surface area (Å²) in [6, 6.07) is 27.6. The Morgan fingerprint density at radius 3 is 2.56 bits per heavy atom. The minimum atomic E-state index is 0.222. The highest BCUT2D eigenvalue weighted by molar-refractivity contribution is 6.36. The van der Waals surface area contributed by atoms with E-state index in [0.717, 1.165) is 60.3 Å². The molecule has 1 fully saturated rings. The maximum atomic E-state index is 10.4. The number of benzene rings is 3. The molecule has 0 aliphatic carbocycles. The Balaban J connectivity index is 1.11. The van der Waals surface area contributed by atoms with Gasteiger partial charge in [-0.1, -0.05) is 42.5 Å². The Morgan fingerprint density at radius 2 is 1.74 bits per heavy atom. The Hall–Kier alpha value is -4.30. The molecule has 6 rings (SSSR count). The van der Waals surface area contributed by atoms with E-state index in [4.69, 9.17) is 9.72 Å². The third-order valence-electron chi connectivity index (χ3n) is 7.31. The highest BCUT2D eigenvalue weighted by atomic mass is 16.5. The van der Waals surface area contributed by atoms with Gasteiger partial charge in [0.15, 0.2) is 5.65 Å². The molecule has 0 saturated carbocycles. The molecule has 0 amide bonds. The Morgan fingerprint density at radius 1 is 0.974 bits per heavy atom. The number of nitrogens with zero attached hydrogens (tertiary/aromatic N) is 4. The predicted octanol–water partition coefficient (Wildman–Crippen LogP) is 4.48. The van der Waals surface area contributed by atoms with Crippen LogP contribution in [0.3, 0.4) is 0 Å². The monoisotopic (exact) mass is 517 g/mol. The lowest BCUT2D eigenvalue weighted by Crippen LogP contribution is -2.37. The van der Waals surface area contributed by atoms with Crippen molar-refractivity contribution >= 4 is 24.8 Å².